The average Bonchev–Trinajstić information content (AvgIpc) is 2.23. The van der Waals surface area contributed by atoms with Crippen LogP contribution in [0.3, 0.4) is 0 Å². The van der Waals surface area contributed by atoms with Crippen molar-refractivity contribution in [2.24, 2.45) is 0 Å². The Morgan fingerprint density at radius 3 is 2.27 bits per heavy atom. The third-order valence-electron chi connectivity index (χ3n) is 2.86. The van der Waals surface area contributed by atoms with Crippen molar-refractivity contribution >= 4 is 0 Å². The fourth-order valence-corrected chi connectivity index (χ4v) is 1.69. The molecule has 2 nitrogen and oxygen atoms in total. The lowest BCUT2D eigenvalue weighted by molar-refractivity contribution is 0.287. The van der Waals surface area contributed by atoms with Crippen LogP contribution in [0.15, 0.2) is 12.2 Å². The van der Waals surface area contributed by atoms with Crippen LogP contribution in [0.1, 0.15) is 40.5 Å². The molecule has 0 heterocycles. The molecule has 1 atom stereocenters. The van der Waals surface area contributed by atoms with E-state index in [0.717, 1.165) is 19.6 Å². The highest BCUT2D eigenvalue weighted by atomic mass is 15.1. The third kappa shape index (κ3) is 6.69. The highest BCUT2D eigenvalue weighted by Crippen LogP contribution is 2.05. The van der Waals surface area contributed by atoms with E-state index in [1.807, 2.05) is 0 Å². The molecule has 0 aromatic carbocycles. The van der Waals surface area contributed by atoms with Gasteiger partial charge in [-0.05, 0) is 45.9 Å². The number of hydrogen-bond donors (Lipinski definition) is 1. The fourth-order valence-electron chi connectivity index (χ4n) is 1.69. The van der Waals surface area contributed by atoms with E-state index >= 15 is 0 Å². The summed E-state index contributed by atoms with van der Waals surface area (Å²) in [5.41, 5.74) is 1.26. The van der Waals surface area contributed by atoms with Gasteiger partial charge < -0.3 is 10.2 Å². The maximum absolute atomic E-state index is 4.06. The van der Waals surface area contributed by atoms with Gasteiger partial charge in [0.2, 0.25) is 0 Å². The highest BCUT2D eigenvalue weighted by molar-refractivity contribution is 5.01. The maximum atomic E-state index is 4.06. The van der Waals surface area contributed by atoms with Crippen LogP contribution in [0.4, 0.5) is 0 Å². The molecular weight excluding hydrogens is 184 g/mol. The van der Waals surface area contributed by atoms with Crippen molar-refractivity contribution in [1.29, 1.82) is 0 Å². The maximum Gasteiger partial charge on any atom is 0.0286 e. The molecule has 0 fully saturated rings. The predicted molar refractivity (Wildman–Crippen MR) is 69.3 cm³/mol. The first-order valence-corrected chi connectivity index (χ1v) is 6.26. The fraction of sp³-hybridized carbons (Fsp3) is 0.846. The Labute approximate surface area is 95.7 Å². The first-order valence-electron chi connectivity index (χ1n) is 6.26. The van der Waals surface area contributed by atoms with Crippen LogP contribution < -0.4 is 5.32 Å². The first-order chi connectivity index (χ1) is 7.15. The van der Waals surface area contributed by atoms with E-state index in [2.05, 4.69) is 44.5 Å². The van der Waals surface area contributed by atoms with Gasteiger partial charge in [0.05, 0.1) is 0 Å². The standard InChI is InChI=1S/C13H28N2/c1-6-10-14-13(12(4)5)9-11-15(7-2)8-3/h13-14H,4,6-11H2,1-3,5H3. The Balaban J connectivity index is 3.89. The molecule has 15 heavy (non-hydrogen) atoms. The van der Waals surface area contributed by atoms with E-state index in [1.165, 1.54) is 25.0 Å². The normalized spacial score (nSPS) is 13.1. The number of nitrogens with one attached hydrogen (secondary N) is 1. The largest absolute Gasteiger partial charge is 0.310 e. The Hall–Kier alpha value is -0.340. The highest BCUT2D eigenvalue weighted by Gasteiger charge is 2.09. The molecule has 0 rings (SSSR count). The lowest BCUT2D eigenvalue weighted by Gasteiger charge is -2.23. The van der Waals surface area contributed by atoms with Gasteiger partial charge in [0.25, 0.3) is 0 Å². The van der Waals surface area contributed by atoms with Gasteiger partial charge in [-0.3, -0.25) is 0 Å². The van der Waals surface area contributed by atoms with E-state index in [1.54, 1.807) is 0 Å². The van der Waals surface area contributed by atoms with E-state index < -0.39 is 0 Å². The molecule has 0 aromatic heterocycles. The Morgan fingerprint density at radius 1 is 1.27 bits per heavy atom. The van der Waals surface area contributed by atoms with Crippen molar-refractivity contribution in [2.45, 2.75) is 46.6 Å². The summed E-state index contributed by atoms with van der Waals surface area (Å²) >= 11 is 0. The minimum Gasteiger partial charge on any atom is -0.310 e. The molecule has 0 aliphatic heterocycles. The van der Waals surface area contributed by atoms with Crippen molar-refractivity contribution in [2.75, 3.05) is 26.2 Å². The minimum atomic E-state index is 0.491. The summed E-state index contributed by atoms with van der Waals surface area (Å²) < 4.78 is 0. The Kier molecular flexibility index (Phi) is 8.73. The van der Waals surface area contributed by atoms with Crippen LogP contribution in [-0.4, -0.2) is 37.1 Å². The topological polar surface area (TPSA) is 15.3 Å². The molecule has 90 valence electrons. The van der Waals surface area contributed by atoms with Gasteiger partial charge in [-0.25, -0.2) is 0 Å². The monoisotopic (exact) mass is 212 g/mol. The van der Waals surface area contributed by atoms with Gasteiger partial charge in [0, 0.05) is 6.04 Å². The third-order valence-corrected chi connectivity index (χ3v) is 2.86. The van der Waals surface area contributed by atoms with Crippen molar-refractivity contribution in [3.63, 3.8) is 0 Å². The molecule has 0 aromatic rings. The van der Waals surface area contributed by atoms with Crippen molar-refractivity contribution in [3.05, 3.63) is 12.2 Å². The molecule has 0 saturated heterocycles. The van der Waals surface area contributed by atoms with E-state index in [4.69, 9.17) is 0 Å². The van der Waals surface area contributed by atoms with Crippen molar-refractivity contribution in [1.82, 2.24) is 10.2 Å². The second-order valence-electron chi connectivity index (χ2n) is 4.17. The molecular formula is C13H28N2. The lowest BCUT2D eigenvalue weighted by atomic mass is 10.1. The van der Waals surface area contributed by atoms with Crippen LogP contribution in [-0.2, 0) is 0 Å². The average molecular weight is 212 g/mol. The predicted octanol–water partition coefficient (Wildman–Crippen LogP) is 2.66. The number of hydrogen-bond acceptors (Lipinski definition) is 2. The molecule has 0 saturated carbocycles. The summed E-state index contributed by atoms with van der Waals surface area (Å²) in [5, 5.41) is 3.55. The summed E-state index contributed by atoms with van der Waals surface area (Å²) in [6, 6.07) is 0.491. The van der Waals surface area contributed by atoms with Crippen LogP contribution >= 0.6 is 0 Å². The summed E-state index contributed by atoms with van der Waals surface area (Å²) in [6.45, 7) is 17.4. The lowest BCUT2D eigenvalue weighted by Crippen LogP contribution is -2.35. The van der Waals surface area contributed by atoms with Gasteiger partial charge in [0.1, 0.15) is 0 Å². The van der Waals surface area contributed by atoms with E-state index in [0.29, 0.717) is 6.04 Å². The second kappa shape index (κ2) is 8.93. The zero-order chi connectivity index (χ0) is 11.7. The number of nitrogens with zero attached hydrogens (tertiary/aromatic N) is 1. The van der Waals surface area contributed by atoms with Crippen LogP contribution in [0, 0.1) is 0 Å². The SMILES string of the molecule is C=C(C)C(CCN(CC)CC)NCCC. The molecule has 1 unspecified atom stereocenters. The first kappa shape index (κ1) is 14.7. The van der Waals surface area contributed by atoms with E-state index in [-0.39, 0.29) is 0 Å². The minimum absolute atomic E-state index is 0.491. The smallest absolute Gasteiger partial charge is 0.0286 e. The Bertz CT molecular complexity index is 162. The summed E-state index contributed by atoms with van der Waals surface area (Å²) in [4.78, 5) is 2.46. The zero-order valence-corrected chi connectivity index (χ0v) is 11.0. The summed E-state index contributed by atoms with van der Waals surface area (Å²) in [6.07, 6.45) is 2.37. The second-order valence-corrected chi connectivity index (χ2v) is 4.17. The molecule has 0 radical (unpaired) electrons. The molecule has 0 aliphatic rings. The van der Waals surface area contributed by atoms with Gasteiger partial charge in [-0.1, -0.05) is 32.9 Å². The van der Waals surface area contributed by atoms with Crippen LogP contribution in [0.25, 0.3) is 0 Å². The van der Waals surface area contributed by atoms with Gasteiger partial charge in [-0.2, -0.15) is 0 Å². The molecule has 1 N–H and O–H groups in total. The van der Waals surface area contributed by atoms with Gasteiger partial charge in [-0.15, -0.1) is 0 Å². The molecule has 0 aliphatic carbocycles. The molecule has 0 amide bonds. The van der Waals surface area contributed by atoms with Gasteiger partial charge in [0.15, 0.2) is 0 Å². The molecule has 0 spiro atoms. The van der Waals surface area contributed by atoms with E-state index in [9.17, 15) is 0 Å². The Morgan fingerprint density at radius 2 is 1.87 bits per heavy atom. The molecule has 2 heteroatoms. The number of rotatable bonds is 9. The van der Waals surface area contributed by atoms with Crippen molar-refractivity contribution in [3.8, 4) is 0 Å². The van der Waals surface area contributed by atoms with Crippen LogP contribution in [0.5, 0.6) is 0 Å². The van der Waals surface area contributed by atoms with Gasteiger partial charge >= 0.3 is 0 Å². The summed E-state index contributed by atoms with van der Waals surface area (Å²) in [5.74, 6) is 0. The van der Waals surface area contributed by atoms with Crippen molar-refractivity contribution < 1.29 is 0 Å². The molecule has 0 bridgehead atoms. The zero-order valence-electron chi connectivity index (χ0n) is 11.0. The quantitative estimate of drug-likeness (QED) is 0.591. The summed E-state index contributed by atoms with van der Waals surface area (Å²) in [7, 11) is 0. The van der Waals surface area contributed by atoms with Crippen LogP contribution in [0.2, 0.25) is 0 Å².